The third kappa shape index (κ3) is 11.0. The van der Waals surface area contributed by atoms with Crippen molar-refractivity contribution in [3.8, 4) is 23.0 Å². The van der Waals surface area contributed by atoms with Crippen LogP contribution in [0.25, 0.3) is 0 Å². The molecule has 0 heterocycles. The molecule has 0 atom stereocenters. The fraction of sp³-hybridized carbons (Fsp3) is 0.100. The summed E-state index contributed by atoms with van der Waals surface area (Å²) < 4.78 is 24.8. The Kier molecular flexibility index (Phi) is 13.5. The summed E-state index contributed by atoms with van der Waals surface area (Å²) >= 11 is 0. The van der Waals surface area contributed by atoms with E-state index in [1.54, 1.807) is 0 Å². The van der Waals surface area contributed by atoms with Crippen LogP contribution in [0.15, 0.2) is 243 Å². The van der Waals surface area contributed by atoms with Gasteiger partial charge < -0.3 is 18.9 Å². The topological polar surface area (TPSA) is 36.9 Å². The maximum Gasteiger partial charge on any atom is 0.119 e. The Hall–Kier alpha value is -7.82. The number of hydrogen-bond donors (Lipinski definition) is 0. The molecule has 0 radical (unpaired) electrons. The van der Waals surface area contributed by atoms with Crippen LogP contribution in [0, 0.1) is 0 Å². The van der Waals surface area contributed by atoms with Gasteiger partial charge in [0, 0.05) is 11.8 Å². The Morgan fingerprint density at radius 3 is 0.562 bits per heavy atom. The smallest absolute Gasteiger partial charge is 0.119 e. The Bertz CT molecular complexity index is 2390. The summed E-state index contributed by atoms with van der Waals surface area (Å²) in [5.41, 5.74) is 11.6. The van der Waals surface area contributed by atoms with Crippen LogP contribution < -0.4 is 18.9 Å². The molecule has 9 aromatic carbocycles. The van der Waals surface area contributed by atoms with E-state index < -0.39 is 0 Å². The first-order chi connectivity index (χ1) is 31.7. The van der Waals surface area contributed by atoms with E-state index in [4.69, 9.17) is 18.9 Å². The van der Waals surface area contributed by atoms with E-state index in [0.717, 1.165) is 45.3 Å². The summed E-state index contributed by atoms with van der Waals surface area (Å²) in [5, 5.41) is 0. The van der Waals surface area contributed by atoms with Gasteiger partial charge >= 0.3 is 0 Å². The van der Waals surface area contributed by atoms with Gasteiger partial charge in [-0.1, -0.05) is 194 Å². The third-order valence-corrected chi connectivity index (χ3v) is 11.5. The summed E-state index contributed by atoms with van der Waals surface area (Å²) in [5.74, 6) is 3.29. The molecule has 0 aliphatic carbocycles. The number of ether oxygens (including phenoxy) is 4. The van der Waals surface area contributed by atoms with Crippen molar-refractivity contribution in [3.63, 3.8) is 0 Å². The van der Waals surface area contributed by atoms with Gasteiger partial charge in [-0.2, -0.15) is 0 Å². The fourth-order valence-corrected chi connectivity index (χ4v) is 8.03. The summed E-state index contributed by atoms with van der Waals surface area (Å²) in [6.07, 6.45) is 0. The van der Waals surface area contributed by atoms with Crippen molar-refractivity contribution >= 4 is 0 Å². The third-order valence-electron chi connectivity index (χ3n) is 11.5. The van der Waals surface area contributed by atoms with Gasteiger partial charge in [-0.25, -0.2) is 0 Å². The van der Waals surface area contributed by atoms with Gasteiger partial charge in [0.15, 0.2) is 0 Å². The molecule has 314 valence electrons. The highest BCUT2D eigenvalue weighted by molar-refractivity contribution is 5.50. The molecule has 4 heteroatoms. The van der Waals surface area contributed by atoms with Gasteiger partial charge in [0.1, 0.15) is 49.4 Å². The average Bonchev–Trinajstić information content (AvgIpc) is 3.37. The fourth-order valence-electron chi connectivity index (χ4n) is 8.03. The van der Waals surface area contributed by atoms with Crippen molar-refractivity contribution < 1.29 is 18.9 Å². The van der Waals surface area contributed by atoms with Gasteiger partial charge in [0.2, 0.25) is 0 Å². The van der Waals surface area contributed by atoms with Crippen molar-refractivity contribution in [2.75, 3.05) is 0 Å². The van der Waals surface area contributed by atoms with Crippen LogP contribution in [0.4, 0.5) is 0 Å². The van der Waals surface area contributed by atoms with Crippen molar-refractivity contribution in [2.45, 2.75) is 38.3 Å². The van der Waals surface area contributed by atoms with Gasteiger partial charge in [0.05, 0.1) is 0 Å². The molecule has 0 aliphatic rings. The predicted octanol–water partition coefficient (Wildman–Crippen LogP) is 14.4. The molecule has 64 heavy (non-hydrogen) atoms. The molecule has 0 amide bonds. The van der Waals surface area contributed by atoms with Crippen LogP contribution in [0.3, 0.4) is 0 Å². The maximum absolute atomic E-state index is 6.19. The number of hydrogen-bond acceptors (Lipinski definition) is 4. The SMILES string of the molecule is c1ccc(COc2ccc(C(c3ccc(OCc4ccccc4)cc3)c3ccc(C(c4ccc(OCc5ccccc5)cc4)c4ccc(OCc5ccccc5)cc4)cc3)cc2)cc1. The first kappa shape index (κ1) is 41.5. The van der Waals surface area contributed by atoms with Crippen LogP contribution in [-0.4, -0.2) is 0 Å². The molecule has 0 aliphatic heterocycles. The maximum atomic E-state index is 6.19. The summed E-state index contributed by atoms with van der Waals surface area (Å²) in [6, 6.07) is 84.3. The van der Waals surface area contributed by atoms with Crippen LogP contribution in [-0.2, 0) is 26.4 Å². The van der Waals surface area contributed by atoms with Crippen molar-refractivity contribution in [1.82, 2.24) is 0 Å². The highest BCUT2D eigenvalue weighted by atomic mass is 16.5. The van der Waals surface area contributed by atoms with E-state index >= 15 is 0 Å². The van der Waals surface area contributed by atoms with Crippen molar-refractivity contribution in [2.24, 2.45) is 0 Å². The Balaban J connectivity index is 1.00. The highest BCUT2D eigenvalue weighted by Gasteiger charge is 2.21. The molecule has 9 aromatic rings. The van der Waals surface area contributed by atoms with E-state index in [1.807, 2.05) is 72.8 Å². The van der Waals surface area contributed by atoms with E-state index in [9.17, 15) is 0 Å². The molecule has 0 bridgehead atoms. The molecule has 4 nitrogen and oxygen atoms in total. The minimum Gasteiger partial charge on any atom is -0.489 e. The lowest BCUT2D eigenvalue weighted by Gasteiger charge is -2.23. The summed E-state index contributed by atoms with van der Waals surface area (Å²) in [4.78, 5) is 0. The second-order valence-electron chi connectivity index (χ2n) is 15.9. The summed E-state index contributed by atoms with van der Waals surface area (Å²) in [6.45, 7) is 2.07. The van der Waals surface area contributed by atoms with Crippen LogP contribution in [0.1, 0.15) is 67.5 Å². The first-order valence-corrected chi connectivity index (χ1v) is 21.9. The van der Waals surface area contributed by atoms with Gasteiger partial charge in [0.25, 0.3) is 0 Å². The van der Waals surface area contributed by atoms with Crippen LogP contribution in [0.5, 0.6) is 23.0 Å². The van der Waals surface area contributed by atoms with E-state index in [1.165, 1.54) is 33.4 Å². The number of benzene rings is 9. The lowest BCUT2D eigenvalue weighted by molar-refractivity contribution is 0.306. The lowest BCUT2D eigenvalue weighted by Crippen LogP contribution is -2.07. The number of rotatable bonds is 18. The van der Waals surface area contributed by atoms with Crippen molar-refractivity contribution in [1.29, 1.82) is 0 Å². The van der Waals surface area contributed by atoms with Crippen LogP contribution >= 0.6 is 0 Å². The molecule has 0 saturated heterocycles. The molecule has 0 N–H and O–H groups in total. The minimum absolute atomic E-state index is 0.0269. The van der Waals surface area contributed by atoms with Crippen LogP contribution in [0.2, 0.25) is 0 Å². The zero-order valence-corrected chi connectivity index (χ0v) is 35.7. The average molecular weight is 835 g/mol. The largest absolute Gasteiger partial charge is 0.489 e. The Labute approximate surface area is 377 Å². The molecular weight excluding hydrogens is 785 g/mol. The normalized spacial score (nSPS) is 11.0. The minimum atomic E-state index is -0.0269. The predicted molar refractivity (Wildman–Crippen MR) is 257 cm³/mol. The first-order valence-electron chi connectivity index (χ1n) is 21.9. The molecule has 0 unspecified atom stereocenters. The van der Waals surface area contributed by atoms with Gasteiger partial charge in [-0.15, -0.1) is 0 Å². The van der Waals surface area contributed by atoms with E-state index in [0.29, 0.717) is 26.4 Å². The second-order valence-corrected chi connectivity index (χ2v) is 15.9. The van der Waals surface area contributed by atoms with E-state index in [-0.39, 0.29) is 11.8 Å². The zero-order chi connectivity index (χ0) is 43.2. The van der Waals surface area contributed by atoms with E-state index in [2.05, 4.69) is 170 Å². The second kappa shape index (κ2) is 20.8. The zero-order valence-electron chi connectivity index (χ0n) is 35.7. The molecule has 0 aromatic heterocycles. The highest BCUT2D eigenvalue weighted by Crippen LogP contribution is 2.38. The molecular formula is C60H50O4. The summed E-state index contributed by atoms with van der Waals surface area (Å²) in [7, 11) is 0. The molecule has 0 fully saturated rings. The van der Waals surface area contributed by atoms with Gasteiger partial charge in [-0.3, -0.25) is 0 Å². The monoisotopic (exact) mass is 834 g/mol. The molecule has 9 rings (SSSR count). The Morgan fingerprint density at radius 2 is 0.375 bits per heavy atom. The van der Waals surface area contributed by atoms with Crippen molar-refractivity contribution in [3.05, 3.63) is 298 Å². The Morgan fingerprint density at radius 1 is 0.203 bits per heavy atom. The lowest BCUT2D eigenvalue weighted by atomic mass is 9.81. The van der Waals surface area contributed by atoms with Gasteiger partial charge in [-0.05, 0) is 104 Å². The quantitative estimate of drug-likeness (QED) is 0.0807. The standard InChI is InChI=1S/C60H50O4/c1-5-13-45(14-6-1)41-61-55-33-25-51(26-34-55)59(52-27-35-56(36-28-52)62-42-46-15-7-2-8-16-46)49-21-23-50(24-22-49)60(53-29-37-57(38-30-53)63-43-47-17-9-3-10-18-47)54-31-39-58(40-32-54)64-44-48-19-11-4-12-20-48/h1-40,59-60H,41-44H2. The molecule has 0 saturated carbocycles. The molecule has 0 spiro atoms.